The van der Waals surface area contributed by atoms with Gasteiger partial charge in [0.25, 0.3) is 5.91 Å². The number of ether oxygens (including phenoxy) is 1. The molecule has 2 heterocycles. The van der Waals surface area contributed by atoms with Gasteiger partial charge in [0.05, 0.1) is 30.6 Å². The molecule has 0 unspecified atom stereocenters. The highest BCUT2D eigenvalue weighted by Gasteiger charge is 2.30. The number of benzene rings is 1. The van der Waals surface area contributed by atoms with Crippen LogP contribution in [0.2, 0.25) is 0 Å². The third kappa shape index (κ3) is 7.37. The lowest BCUT2D eigenvalue weighted by Gasteiger charge is -2.22. The van der Waals surface area contributed by atoms with Gasteiger partial charge in [0.15, 0.2) is 17.3 Å². The van der Waals surface area contributed by atoms with Gasteiger partial charge in [0.1, 0.15) is 28.5 Å². The first-order valence-corrected chi connectivity index (χ1v) is 13.6. The molecule has 3 amide bonds. The monoisotopic (exact) mass is 545 g/mol. The molecule has 0 saturated heterocycles. The average molecular weight is 545 g/mol. The second-order valence-electron chi connectivity index (χ2n) is 10.2. The largest absolute Gasteiger partial charge is 0.494 e. The number of anilines is 3. The van der Waals surface area contributed by atoms with Crippen LogP contribution in [0.25, 0.3) is 10.6 Å². The van der Waals surface area contributed by atoms with Crippen molar-refractivity contribution in [2.75, 3.05) is 17.7 Å². The first-order chi connectivity index (χ1) is 18.6. The van der Waals surface area contributed by atoms with Crippen molar-refractivity contribution in [1.29, 1.82) is 0 Å². The Morgan fingerprint density at radius 1 is 1.15 bits per heavy atom. The minimum atomic E-state index is -0.494. The fourth-order valence-corrected chi connectivity index (χ4v) is 4.56. The van der Waals surface area contributed by atoms with Gasteiger partial charge < -0.3 is 26.0 Å². The Balaban J connectivity index is 1.66. The maximum atomic E-state index is 13.1. The molecule has 1 aliphatic carbocycles. The summed E-state index contributed by atoms with van der Waals surface area (Å²) in [5, 5.41) is 20.3. The molecule has 0 atom stereocenters. The van der Waals surface area contributed by atoms with Crippen molar-refractivity contribution in [1.82, 2.24) is 25.8 Å². The summed E-state index contributed by atoms with van der Waals surface area (Å²) in [5.41, 5.74) is 1.74. The van der Waals surface area contributed by atoms with Gasteiger partial charge in [0.2, 0.25) is 11.8 Å². The number of nitrogens with zero attached hydrogens (tertiary/aromatic N) is 3. The van der Waals surface area contributed by atoms with Crippen LogP contribution in [0.1, 0.15) is 41.6 Å². The zero-order chi connectivity index (χ0) is 28.2. The highest BCUT2D eigenvalue weighted by atomic mass is 32.1. The van der Waals surface area contributed by atoms with Crippen LogP contribution in [0.4, 0.5) is 17.2 Å². The quantitative estimate of drug-likeness (QED) is 0.246. The maximum Gasteiger partial charge on any atom is 0.272 e. The van der Waals surface area contributed by atoms with Gasteiger partial charge in [-0.2, -0.15) is 0 Å². The molecule has 3 aromatic rings. The van der Waals surface area contributed by atoms with E-state index in [1.165, 1.54) is 11.3 Å². The smallest absolute Gasteiger partial charge is 0.272 e. The van der Waals surface area contributed by atoms with Crippen LogP contribution in [0, 0.1) is 5.92 Å². The van der Waals surface area contributed by atoms with Gasteiger partial charge >= 0.3 is 0 Å². The van der Waals surface area contributed by atoms with Crippen molar-refractivity contribution in [2.24, 2.45) is 5.92 Å². The molecule has 39 heavy (non-hydrogen) atoms. The van der Waals surface area contributed by atoms with Gasteiger partial charge in [-0.15, -0.1) is 21.5 Å². The van der Waals surface area contributed by atoms with Gasteiger partial charge in [-0.05, 0) is 30.2 Å². The van der Waals surface area contributed by atoms with Crippen molar-refractivity contribution in [2.45, 2.75) is 38.0 Å². The molecule has 0 spiro atoms. The Labute approximate surface area is 233 Å². The molecule has 1 fully saturated rings. The van der Waals surface area contributed by atoms with Crippen molar-refractivity contribution < 1.29 is 19.1 Å². The SMILES string of the molecule is BC(B)(B)NC(=O)c1nnc(NC(=O)C2CC2)cc1Nc1cccc(-c2ncc(CNC(=O)CC)s2)c1OC. The van der Waals surface area contributed by atoms with E-state index in [1.807, 2.05) is 41.7 Å². The van der Waals surface area contributed by atoms with E-state index >= 15 is 0 Å². The second-order valence-corrected chi connectivity index (χ2v) is 11.3. The fraction of sp³-hybridized carbons (Fsp3) is 0.333. The number of amides is 3. The molecule has 11 nitrogen and oxygen atoms in total. The van der Waals surface area contributed by atoms with E-state index in [0.717, 1.165) is 23.3 Å². The first-order valence-electron chi connectivity index (χ1n) is 12.7. The number of aromatic nitrogens is 3. The van der Waals surface area contributed by atoms with Crippen LogP contribution in [0.15, 0.2) is 30.5 Å². The molecule has 0 radical (unpaired) electrons. The molecule has 200 valence electrons. The lowest BCUT2D eigenvalue weighted by Crippen LogP contribution is -2.50. The molecule has 4 N–H and O–H groups in total. The Morgan fingerprint density at radius 2 is 1.92 bits per heavy atom. The predicted molar refractivity (Wildman–Crippen MR) is 159 cm³/mol. The Morgan fingerprint density at radius 3 is 2.59 bits per heavy atom. The molecular weight excluding hydrogens is 515 g/mol. The molecule has 1 aromatic carbocycles. The van der Waals surface area contributed by atoms with E-state index in [2.05, 4.69) is 36.4 Å². The van der Waals surface area contributed by atoms with Crippen LogP contribution < -0.4 is 26.0 Å². The topological polar surface area (TPSA) is 147 Å². The third-order valence-electron chi connectivity index (χ3n) is 5.75. The minimum absolute atomic E-state index is 0.0117. The van der Waals surface area contributed by atoms with Crippen molar-refractivity contribution in [3.05, 3.63) is 41.0 Å². The highest BCUT2D eigenvalue weighted by Crippen LogP contribution is 2.40. The molecule has 4 rings (SSSR count). The number of carbonyl (C=O) groups is 3. The Kier molecular flexibility index (Phi) is 8.58. The number of para-hydroxylation sites is 1. The summed E-state index contributed by atoms with van der Waals surface area (Å²) in [7, 11) is 7.17. The van der Waals surface area contributed by atoms with Gasteiger partial charge in [-0.1, -0.05) is 13.0 Å². The number of hydrogen-bond donors (Lipinski definition) is 4. The van der Waals surface area contributed by atoms with Gasteiger partial charge in [-0.25, -0.2) is 4.98 Å². The van der Waals surface area contributed by atoms with E-state index < -0.39 is 11.1 Å². The van der Waals surface area contributed by atoms with Crippen LogP contribution in [-0.4, -0.2) is 68.8 Å². The van der Waals surface area contributed by atoms with E-state index in [-0.39, 0.29) is 29.2 Å². The number of hydrogen-bond acceptors (Lipinski definition) is 9. The summed E-state index contributed by atoms with van der Waals surface area (Å²) in [4.78, 5) is 42.5. The highest BCUT2D eigenvalue weighted by molar-refractivity contribution is 7.15. The summed E-state index contributed by atoms with van der Waals surface area (Å²) in [6.07, 6.45) is 3.85. The Bertz CT molecular complexity index is 1390. The lowest BCUT2D eigenvalue weighted by atomic mass is 9.49. The Hall–Kier alpha value is -3.87. The fourth-order valence-electron chi connectivity index (χ4n) is 3.68. The molecule has 0 bridgehead atoms. The molecule has 1 aliphatic rings. The molecular formula is C24H30B3N7O4S. The number of rotatable bonds is 11. The number of thiazole rings is 1. The first kappa shape index (κ1) is 28.2. The normalized spacial score (nSPS) is 12.9. The van der Waals surface area contributed by atoms with Gasteiger partial charge in [-0.3, -0.25) is 14.4 Å². The van der Waals surface area contributed by atoms with E-state index in [4.69, 9.17) is 4.74 Å². The van der Waals surface area contributed by atoms with Crippen LogP contribution >= 0.6 is 11.3 Å². The zero-order valence-corrected chi connectivity index (χ0v) is 23.5. The van der Waals surface area contributed by atoms with Crippen LogP contribution in [-0.2, 0) is 16.1 Å². The van der Waals surface area contributed by atoms with E-state index in [1.54, 1.807) is 26.3 Å². The molecule has 0 aliphatic heterocycles. The lowest BCUT2D eigenvalue weighted by molar-refractivity contribution is -0.121. The summed E-state index contributed by atoms with van der Waals surface area (Å²) in [6, 6.07) is 7.14. The third-order valence-corrected chi connectivity index (χ3v) is 6.78. The summed E-state index contributed by atoms with van der Waals surface area (Å²) >= 11 is 1.45. The van der Waals surface area contributed by atoms with Crippen LogP contribution in [0.3, 0.4) is 0 Å². The van der Waals surface area contributed by atoms with Crippen molar-refractivity contribution in [3.8, 4) is 16.3 Å². The molecule has 15 heteroatoms. The van der Waals surface area contributed by atoms with E-state index in [0.29, 0.717) is 35.1 Å². The molecule has 2 aromatic heterocycles. The van der Waals surface area contributed by atoms with Crippen LogP contribution in [0.5, 0.6) is 5.75 Å². The summed E-state index contributed by atoms with van der Waals surface area (Å²) < 4.78 is 5.77. The standard InChI is InChI=1S/C24H30B3N7O4S/c1-3-18(35)28-10-13-11-29-23(39-13)14-5-4-6-15(20(14)38-2)30-16-9-17(31-21(36)12-7-8-12)33-34-19(16)22(37)32-24(25,26)27/h4-6,9,11-12H,3,7-8,10,25-27H2,1-2H3,(H,28,35)(H,32,37)(H2,30,31,33,36). The molecule has 1 saturated carbocycles. The van der Waals surface area contributed by atoms with Crippen molar-refractivity contribution >= 4 is 69.8 Å². The minimum Gasteiger partial charge on any atom is -0.494 e. The summed E-state index contributed by atoms with van der Waals surface area (Å²) in [6.45, 7) is 2.20. The zero-order valence-electron chi connectivity index (χ0n) is 22.7. The summed E-state index contributed by atoms with van der Waals surface area (Å²) in [5.74, 6) is 0.192. The predicted octanol–water partition coefficient (Wildman–Crippen LogP) is -0.0326. The number of carbonyl (C=O) groups excluding carboxylic acids is 3. The average Bonchev–Trinajstić information content (AvgIpc) is 3.64. The van der Waals surface area contributed by atoms with E-state index in [9.17, 15) is 14.4 Å². The van der Waals surface area contributed by atoms with Gasteiger partial charge in [0, 0.05) is 29.5 Å². The maximum absolute atomic E-state index is 13.1. The number of methoxy groups -OCH3 is 1. The second kappa shape index (κ2) is 11.9. The van der Waals surface area contributed by atoms with Crippen molar-refractivity contribution in [3.63, 3.8) is 0 Å². The number of nitrogens with one attached hydrogen (secondary N) is 4.